The largest absolute Gasteiger partial charge is 0.284 e. The molecule has 0 atom stereocenters. The molecule has 3 rings (SSSR count). The van der Waals surface area contributed by atoms with Gasteiger partial charge in [0.2, 0.25) is 0 Å². The summed E-state index contributed by atoms with van der Waals surface area (Å²) in [5.74, 6) is -0.155. The van der Waals surface area contributed by atoms with Gasteiger partial charge in [-0.15, -0.1) is 0 Å². The number of aliphatic imine (C=N–C) groups is 1. The van der Waals surface area contributed by atoms with E-state index in [-0.39, 0.29) is 5.91 Å². The molecular weight excluding hydrogens is 254 g/mol. The molecule has 1 aliphatic heterocycles. The zero-order chi connectivity index (χ0) is 13.1. The summed E-state index contributed by atoms with van der Waals surface area (Å²) in [5.41, 5.74) is 4.95. The zero-order valence-corrected chi connectivity index (χ0v) is 10.9. The van der Waals surface area contributed by atoms with E-state index in [1.165, 1.54) is 22.9 Å². The van der Waals surface area contributed by atoms with E-state index in [9.17, 15) is 4.79 Å². The fraction of sp³-hybridized carbons (Fsp3) is 0. The van der Waals surface area contributed by atoms with Gasteiger partial charge in [-0.1, -0.05) is 66.4 Å². The molecule has 0 radical (unpaired) electrons. The number of hydrogen-bond donors (Lipinski definition) is 0. The molecule has 19 heavy (non-hydrogen) atoms. The Morgan fingerprint density at radius 1 is 0.895 bits per heavy atom. The highest BCUT2D eigenvalue weighted by atomic mass is 32.2. The Morgan fingerprint density at radius 2 is 1.58 bits per heavy atom. The van der Waals surface area contributed by atoms with Gasteiger partial charge in [-0.25, -0.2) is 4.99 Å². The Morgan fingerprint density at radius 3 is 2.21 bits per heavy atom. The molecule has 0 saturated heterocycles. The maximum absolute atomic E-state index is 11.4. The van der Waals surface area contributed by atoms with Crippen LogP contribution in [0.4, 0.5) is 0 Å². The van der Waals surface area contributed by atoms with Gasteiger partial charge in [0.05, 0.1) is 10.5 Å². The van der Waals surface area contributed by atoms with Gasteiger partial charge in [-0.05, 0) is 22.8 Å². The normalized spacial score (nSPS) is 16.2. The number of rotatable bonds is 2. The first kappa shape index (κ1) is 11.9. The van der Waals surface area contributed by atoms with Crippen LogP contribution in [0.15, 0.2) is 64.5 Å². The second kappa shape index (κ2) is 5.24. The Hall–Kier alpha value is -2.13. The quantitative estimate of drug-likeness (QED) is 0.768. The van der Waals surface area contributed by atoms with Gasteiger partial charge >= 0.3 is 0 Å². The van der Waals surface area contributed by atoms with Crippen molar-refractivity contribution < 1.29 is 4.79 Å². The van der Waals surface area contributed by atoms with Crippen molar-refractivity contribution in [2.24, 2.45) is 4.99 Å². The van der Waals surface area contributed by atoms with Gasteiger partial charge in [0.15, 0.2) is 0 Å². The van der Waals surface area contributed by atoms with E-state index in [1.54, 1.807) is 5.55 Å². The van der Waals surface area contributed by atoms with Crippen molar-refractivity contribution >= 4 is 29.3 Å². The van der Waals surface area contributed by atoms with Crippen LogP contribution in [0, 0.1) is 0 Å². The highest BCUT2D eigenvalue weighted by Crippen LogP contribution is 2.25. The topological polar surface area (TPSA) is 29.4 Å². The minimum Gasteiger partial charge on any atom is -0.266 e. The molecule has 3 heteroatoms. The second-order valence-corrected chi connectivity index (χ2v) is 5.04. The average molecular weight is 265 g/mol. The van der Waals surface area contributed by atoms with Crippen LogP contribution in [0.25, 0.3) is 17.2 Å². The van der Waals surface area contributed by atoms with E-state index in [2.05, 4.69) is 29.3 Å². The van der Waals surface area contributed by atoms with Crippen molar-refractivity contribution in [1.29, 1.82) is 0 Å². The van der Waals surface area contributed by atoms with E-state index >= 15 is 0 Å². The smallest absolute Gasteiger partial charge is 0.266 e. The summed E-state index contributed by atoms with van der Waals surface area (Å²) in [7, 11) is 0. The monoisotopic (exact) mass is 265 g/mol. The highest BCUT2D eigenvalue weighted by Gasteiger charge is 2.13. The molecule has 0 saturated carbocycles. The lowest BCUT2D eigenvalue weighted by Crippen LogP contribution is -1.87. The molecule has 0 N–H and O–H groups in total. The third-order valence-corrected chi connectivity index (χ3v) is 3.63. The van der Waals surface area contributed by atoms with Crippen LogP contribution in [0.1, 0.15) is 5.56 Å². The molecule has 2 aromatic rings. The predicted molar refractivity (Wildman–Crippen MR) is 80.9 cm³/mol. The molecule has 0 aliphatic carbocycles. The molecule has 1 heterocycles. The molecule has 92 valence electrons. The summed E-state index contributed by atoms with van der Waals surface area (Å²) in [5, 5.41) is 0. The number of amides is 1. The Labute approximate surface area is 115 Å². The first-order valence-electron chi connectivity index (χ1n) is 5.94. The van der Waals surface area contributed by atoms with Gasteiger partial charge in [0.1, 0.15) is 0 Å². The molecule has 2 aromatic carbocycles. The minimum absolute atomic E-state index is 0.155. The number of benzene rings is 2. The molecule has 0 spiro atoms. The lowest BCUT2D eigenvalue weighted by atomic mass is 10.0. The lowest BCUT2D eigenvalue weighted by Gasteiger charge is -2.02. The summed E-state index contributed by atoms with van der Waals surface area (Å²) in [6.45, 7) is 0. The third-order valence-electron chi connectivity index (χ3n) is 2.88. The summed E-state index contributed by atoms with van der Waals surface area (Å²) in [6.07, 6.45) is 1.87. The van der Waals surface area contributed by atoms with E-state index < -0.39 is 0 Å². The number of carbonyl (C=O) groups is 1. The van der Waals surface area contributed by atoms with Gasteiger partial charge in [0, 0.05) is 0 Å². The van der Waals surface area contributed by atoms with Crippen molar-refractivity contribution in [2.75, 3.05) is 0 Å². The first-order valence-corrected chi connectivity index (χ1v) is 6.81. The maximum atomic E-state index is 11.4. The SMILES string of the molecule is O=C1N=CS/C1=C/c1ccc(-c2ccccc2)cc1. The van der Waals surface area contributed by atoms with Gasteiger partial charge in [-0.3, -0.25) is 4.79 Å². The first-order chi connectivity index (χ1) is 9.33. The second-order valence-electron chi connectivity index (χ2n) is 4.15. The van der Waals surface area contributed by atoms with Crippen LogP contribution in [0.5, 0.6) is 0 Å². The number of nitrogens with zero attached hydrogens (tertiary/aromatic N) is 1. The number of carbonyl (C=O) groups excluding carboxylic acids is 1. The Kier molecular flexibility index (Phi) is 3.29. The van der Waals surface area contributed by atoms with Gasteiger partial charge in [-0.2, -0.15) is 0 Å². The molecule has 0 unspecified atom stereocenters. The van der Waals surface area contributed by atoms with E-state index in [0.717, 1.165) is 5.56 Å². The minimum atomic E-state index is -0.155. The summed E-state index contributed by atoms with van der Waals surface area (Å²) in [4.78, 5) is 15.8. The third kappa shape index (κ3) is 2.66. The Balaban J connectivity index is 1.86. The number of thioether (sulfide) groups is 1. The fourth-order valence-electron chi connectivity index (χ4n) is 1.89. The molecular formula is C16H11NOS. The van der Waals surface area contributed by atoms with Crippen molar-refractivity contribution in [3.05, 3.63) is 65.1 Å². The van der Waals surface area contributed by atoms with Crippen LogP contribution in [-0.2, 0) is 4.79 Å². The van der Waals surface area contributed by atoms with E-state index in [0.29, 0.717) is 4.91 Å². The van der Waals surface area contributed by atoms with Crippen molar-refractivity contribution in [3.63, 3.8) is 0 Å². The molecule has 1 aliphatic rings. The molecule has 2 nitrogen and oxygen atoms in total. The van der Waals surface area contributed by atoms with Crippen LogP contribution in [0.3, 0.4) is 0 Å². The fourth-order valence-corrected chi connectivity index (χ4v) is 2.51. The van der Waals surface area contributed by atoms with E-state index in [4.69, 9.17) is 0 Å². The molecule has 0 aromatic heterocycles. The summed E-state index contributed by atoms with van der Waals surface area (Å²) in [6, 6.07) is 18.4. The zero-order valence-electron chi connectivity index (χ0n) is 10.1. The maximum Gasteiger partial charge on any atom is 0.284 e. The Bertz CT molecular complexity index is 657. The predicted octanol–water partition coefficient (Wildman–Crippen LogP) is 4.00. The van der Waals surface area contributed by atoms with Crippen LogP contribution >= 0.6 is 11.8 Å². The molecule has 0 bridgehead atoms. The van der Waals surface area contributed by atoms with Crippen LogP contribution in [0.2, 0.25) is 0 Å². The molecule has 0 fully saturated rings. The van der Waals surface area contributed by atoms with Crippen molar-refractivity contribution in [1.82, 2.24) is 0 Å². The van der Waals surface area contributed by atoms with Gasteiger partial charge in [0.25, 0.3) is 5.91 Å². The number of hydrogen-bond acceptors (Lipinski definition) is 2. The van der Waals surface area contributed by atoms with Gasteiger partial charge < -0.3 is 0 Å². The lowest BCUT2D eigenvalue weighted by molar-refractivity contribution is -0.113. The van der Waals surface area contributed by atoms with E-state index in [1.807, 2.05) is 36.4 Å². The van der Waals surface area contributed by atoms with Crippen molar-refractivity contribution in [2.45, 2.75) is 0 Å². The average Bonchev–Trinajstić information content (AvgIpc) is 2.86. The standard InChI is InChI=1S/C16H11NOS/c18-16-15(19-11-17-16)10-12-6-8-14(9-7-12)13-4-2-1-3-5-13/h1-11H/b15-10+. The van der Waals surface area contributed by atoms with Crippen LogP contribution < -0.4 is 0 Å². The van der Waals surface area contributed by atoms with Crippen molar-refractivity contribution in [3.8, 4) is 11.1 Å². The molecule has 1 amide bonds. The summed E-state index contributed by atoms with van der Waals surface area (Å²) >= 11 is 1.37. The highest BCUT2D eigenvalue weighted by molar-refractivity contribution is 8.16. The summed E-state index contributed by atoms with van der Waals surface area (Å²) < 4.78 is 0. The van der Waals surface area contributed by atoms with Crippen LogP contribution in [-0.4, -0.2) is 11.5 Å².